The van der Waals surface area contributed by atoms with Crippen LogP contribution in [0.3, 0.4) is 0 Å². The number of hydrogen-bond donors (Lipinski definition) is 0. The highest BCUT2D eigenvalue weighted by molar-refractivity contribution is 5.13. The summed E-state index contributed by atoms with van der Waals surface area (Å²) in [7, 11) is 0. The van der Waals surface area contributed by atoms with E-state index in [2.05, 4.69) is 104 Å². The summed E-state index contributed by atoms with van der Waals surface area (Å²) < 4.78 is 0. The number of allylic oxidation sites excluding steroid dienone is 12. The van der Waals surface area contributed by atoms with Crippen molar-refractivity contribution in [2.24, 2.45) is 10.8 Å². The van der Waals surface area contributed by atoms with E-state index in [1.807, 2.05) is 0 Å². The number of rotatable bonds is 0. The third-order valence-electron chi connectivity index (χ3n) is 6.03. The highest BCUT2D eigenvalue weighted by atomic mass is 14.2. The maximum absolute atomic E-state index is 2.40. The highest BCUT2D eigenvalue weighted by Crippen LogP contribution is 2.26. The normalized spacial score (nSPS) is 31.7. The number of hydrogen-bond acceptors (Lipinski definition) is 0. The van der Waals surface area contributed by atoms with Crippen molar-refractivity contribution in [3.8, 4) is 0 Å². The van der Waals surface area contributed by atoms with E-state index in [-0.39, 0.29) is 0 Å². The van der Waals surface area contributed by atoms with E-state index in [1.165, 1.54) is 48.0 Å². The predicted octanol–water partition coefficient (Wildman–Crippen LogP) is 10.1. The van der Waals surface area contributed by atoms with Crippen LogP contribution in [0.5, 0.6) is 0 Å². The molecule has 0 aromatic carbocycles. The first-order valence-corrected chi connectivity index (χ1v) is 12.0. The van der Waals surface area contributed by atoms with Gasteiger partial charge < -0.3 is 0 Å². The van der Waals surface area contributed by atoms with Gasteiger partial charge in [-0.15, -0.1) is 0 Å². The molecule has 0 saturated carbocycles. The Morgan fingerprint density at radius 3 is 1.27 bits per heavy atom. The van der Waals surface area contributed by atoms with Crippen LogP contribution in [-0.4, -0.2) is 0 Å². The Balaban J connectivity index is 0.000000300. The van der Waals surface area contributed by atoms with Crippen LogP contribution < -0.4 is 0 Å². The van der Waals surface area contributed by atoms with E-state index in [1.54, 1.807) is 0 Å². The molecule has 0 atom stereocenters. The summed E-state index contributed by atoms with van der Waals surface area (Å²) in [6, 6.07) is 0. The molecule has 2 rings (SSSR count). The van der Waals surface area contributed by atoms with Gasteiger partial charge in [0.25, 0.3) is 0 Å². The van der Waals surface area contributed by atoms with Crippen molar-refractivity contribution in [3.05, 3.63) is 70.9 Å². The van der Waals surface area contributed by atoms with Crippen molar-refractivity contribution in [1.82, 2.24) is 0 Å². The minimum absolute atomic E-state index is 0.311. The van der Waals surface area contributed by atoms with Gasteiger partial charge in [-0.2, -0.15) is 0 Å². The third-order valence-corrected chi connectivity index (χ3v) is 6.03. The lowest BCUT2D eigenvalue weighted by molar-refractivity contribution is 0.485. The molecule has 0 radical (unpaired) electrons. The molecule has 0 spiro atoms. The Hall–Kier alpha value is -1.56. The van der Waals surface area contributed by atoms with E-state index < -0.39 is 0 Å². The first-order chi connectivity index (χ1) is 14.0. The van der Waals surface area contributed by atoms with Crippen LogP contribution in [0.25, 0.3) is 0 Å². The SMILES string of the molecule is C/C1=C/CC/C(C)=C\CC(C)(C)/C=C\C1.C/C1=C\CC/C(C)=C/CC(C)(C)/C=C/C1. The zero-order chi connectivity index (χ0) is 22.6. The summed E-state index contributed by atoms with van der Waals surface area (Å²) in [6.07, 6.45) is 28.3. The zero-order valence-electron chi connectivity index (χ0n) is 21.3. The molecule has 0 heteroatoms. The van der Waals surface area contributed by atoms with Crippen LogP contribution in [0.4, 0.5) is 0 Å². The van der Waals surface area contributed by atoms with Gasteiger partial charge >= 0.3 is 0 Å². The minimum Gasteiger partial charge on any atom is -0.0850 e. The monoisotopic (exact) mass is 408 g/mol. The molecular weight excluding hydrogens is 360 g/mol. The van der Waals surface area contributed by atoms with Gasteiger partial charge in [-0.3, -0.25) is 0 Å². The molecule has 0 N–H and O–H groups in total. The van der Waals surface area contributed by atoms with Crippen LogP contribution >= 0.6 is 0 Å². The molecule has 2 aliphatic carbocycles. The van der Waals surface area contributed by atoms with Crippen LogP contribution in [0.2, 0.25) is 0 Å². The molecule has 0 aliphatic heterocycles. The maximum atomic E-state index is 2.40. The fourth-order valence-electron chi connectivity index (χ4n) is 3.60. The summed E-state index contributed by atoms with van der Waals surface area (Å²) in [5, 5.41) is 0. The molecular formula is C30H48. The van der Waals surface area contributed by atoms with Crippen molar-refractivity contribution >= 4 is 0 Å². The van der Waals surface area contributed by atoms with E-state index in [0.29, 0.717) is 10.8 Å². The Bertz CT molecular complexity index is 636. The lowest BCUT2D eigenvalue weighted by Gasteiger charge is -2.18. The van der Waals surface area contributed by atoms with E-state index in [0.717, 1.165) is 25.7 Å². The average Bonchev–Trinajstić information content (AvgIpc) is 2.68. The average molecular weight is 409 g/mol. The maximum Gasteiger partial charge on any atom is -0.0140 e. The smallest absolute Gasteiger partial charge is 0.0140 e. The van der Waals surface area contributed by atoms with Crippen molar-refractivity contribution in [3.63, 3.8) is 0 Å². The van der Waals surface area contributed by atoms with Crippen LogP contribution in [0, 0.1) is 10.8 Å². The third kappa shape index (κ3) is 12.9. The van der Waals surface area contributed by atoms with E-state index >= 15 is 0 Å². The second-order valence-corrected chi connectivity index (χ2v) is 10.9. The summed E-state index contributed by atoms with van der Waals surface area (Å²) in [4.78, 5) is 0. The van der Waals surface area contributed by atoms with Gasteiger partial charge in [-0.1, -0.05) is 98.6 Å². The zero-order valence-corrected chi connectivity index (χ0v) is 21.3. The molecule has 30 heavy (non-hydrogen) atoms. The van der Waals surface area contributed by atoms with Crippen LogP contribution in [-0.2, 0) is 0 Å². The second-order valence-electron chi connectivity index (χ2n) is 10.9. The second kappa shape index (κ2) is 13.0. The van der Waals surface area contributed by atoms with Gasteiger partial charge in [0.15, 0.2) is 0 Å². The Morgan fingerprint density at radius 2 is 0.900 bits per heavy atom. The molecule has 0 aromatic heterocycles. The lowest BCUT2D eigenvalue weighted by Crippen LogP contribution is -2.05. The summed E-state index contributed by atoms with van der Waals surface area (Å²) in [5.41, 5.74) is 6.68. The standard InChI is InChI=1S/2C15H24/c2*1-13-7-5-8-14(2)10-12-15(3,4)11-6-9-13/h2*6-7,10-11H,5,8-9,12H2,1-4H3/b11-6+,13-7+,14-10+;11-6-,13-7-,14-10-. The van der Waals surface area contributed by atoms with E-state index in [4.69, 9.17) is 0 Å². The molecule has 0 unspecified atom stereocenters. The van der Waals surface area contributed by atoms with Crippen LogP contribution in [0.15, 0.2) is 70.9 Å². The molecule has 0 heterocycles. The van der Waals surface area contributed by atoms with Crippen molar-refractivity contribution in [1.29, 1.82) is 0 Å². The van der Waals surface area contributed by atoms with E-state index in [9.17, 15) is 0 Å². The molecule has 0 saturated heterocycles. The summed E-state index contributed by atoms with van der Waals surface area (Å²) >= 11 is 0. The highest BCUT2D eigenvalue weighted by Gasteiger charge is 2.12. The van der Waals surface area contributed by atoms with Gasteiger partial charge in [0, 0.05) is 0 Å². The Morgan fingerprint density at radius 1 is 0.533 bits per heavy atom. The van der Waals surface area contributed by atoms with Gasteiger partial charge in [0.05, 0.1) is 0 Å². The molecule has 0 aromatic rings. The topological polar surface area (TPSA) is 0 Å². The molecule has 168 valence electrons. The molecule has 0 fully saturated rings. The quantitative estimate of drug-likeness (QED) is 0.350. The molecule has 2 aliphatic rings. The first kappa shape index (κ1) is 26.5. The van der Waals surface area contributed by atoms with Crippen molar-refractivity contribution < 1.29 is 0 Å². The first-order valence-electron chi connectivity index (χ1n) is 12.0. The lowest BCUT2D eigenvalue weighted by atomic mass is 9.87. The molecule has 0 amide bonds. The van der Waals surface area contributed by atoms with Crippen molar-refractivity contribution in [2.45, 2.75) is 107 Å². The van der Waals surface area contributed by atoms with Gasteiger partial charge in [-0.25, -0.2) is 0 Å². The minimum atomic E-state index is 0.311. The Labute approximate surface area is 188 Å². The fourth-order valence-corrected chi connectivity index (χ4v) is 3.60. The Kier molecular flexibility index (Phi) is 11.5. The molecule has 0 bridgehead atoms. The summed E-state index contributed by atoms with van der Waals surface area (Å²) in [5.74, 6) is 0. The predicted molar refractivity (Wildman–Crippen MR) is 138 cm³/mol. The van der Waals surface area contributed by atoms with Crippen LogP contribution in [0.1, 0.15) is 107 Å². The van der Waals surface area contributed by atoms with Gasteiger partial charge in [0.2, 0.25) is 0 Å². The fraction of sp³-hybridized carbons (Fsp3) is 0.600. The summed E-state index contributed by atoms with van der Waals surface area (Å²) in [6.45, 7) is 18.2. The largest absolute Gasteiger partial charge is 0.0850 e. The molecule has 0 nitrogen and oxygen atoms in total. The van der Waals surface area contributed by atoms with Gasteiger partial charge in [0.1, 0.15) is 0 Å². The van der Waals surface area contributed by atoms with Crippen molar-refractivity contribution in [2.75, 3.05) is 0 Å². The van der Waals surface area contributed by atoms with Gasteiger partial charge in [-0.05, 0) is 89.9 Å².